The molecule has 0 spiro atoms. The number of nitrogens with zero attached hydrogens (tertiary/aromatic N) is 1. The molecule has 0 aromatic heterocycles. The Morgan fingerprint density at radius 3 is 2.30 bits per heavy atom. The lowest BCUT2D eigenvalue weighted by Crippen LogP contribution is -2.32. The topological polar surface area (TPSA) is 106 Å². The number of carbonyl (C=O) groups excluding carboxylic acids is 3. The summed E-state index contributed by atoms with van der Waals surface area (Å²) in [6, 6.07) is 18.9. The Morgan fingerprint density at radius 2 is 1.61 bits per heavy atom. The first-order chi connectivity index (χ1) is 15.9. The fourth-order valence-corrected chi connectivity index (χ4v) is 2.85. The van der Waals surface area contributed by atoms with Crippen LogP contribution in [-0.4, -0.2) is 31.1 Å². The predicted octanol–water partition coefficient (Wildman–Crippen LogP) is 3.62. The van der Waals surface area contributed by atoms with Gasteiger partial charge in [0.15, 0.2) is 11.5 Å². The van der Waals surface area contributed by atoms with Crippen LogP contribution in [0.1, 0.15) is 27.0 Å². The van der Waals surface area contributed by atoms with Crippen molar-refractivity contribution in [2.45, 2.75) is 13.8 Å². The molecular weight excluding hydrogens is 422 g/mol. The second kappa shape index (κ2) is 10.7. The largest absolute Gasteiger partial charge is 0.493 e. The molecule has 3 aromatic rings. The van der Waals surface area contributed by atoms with E-state index in [0.29, 0.717) is 22.6 Å². The summed E-state index contributed by atoms with van der Waals surface area (Å²) in [7, 11) is 1.44. The Labute approximate surface area is 191 Å². The average molecular weight is 445 g/mol. The van der Waals surface area contributed by atoms with Crippen LogP contribution in [0.2, 0.25) is 0 Å². The second-order valence-electron chi connectivity index (χ2n) is 7.13. The molecule has 8 heteroatoms. The third-order valence-electron chi connectivity index (χ3n) is 4.65. The molecule has 3 rings (SSSR count). The summed E-state index contributed by atoms with van der Waals surface area (Å²) in [6.07, 6.45) is 1.34. The molecule has 0 aliphatic rings. The number of amides is 2. The molecule has 0 atom stereocenters. The van der Waals surface area contributed by atoms with Gasteiger partial charge in [-0.2, -0.15) is 5.10 Å². The minimum absolute atomic E-state index is 0.240. The van der Waals surface area contributed by atoms with Crippen molar-refractivity contribution in [3.05, 3.63) is 89.0 Å². The van der Waals surface area contributed by atoms with Crippen LogP contribution in [0.25, 0.3) is 0 Å². The van der Waals surface area contributed by atoms with Crippen molar-refractivity contribution >= 4 is 29.7 Å². The molecule has 168 valence electrons. The van der Waals surface area contributed by atoms with Crippen LogP contribution in [0, 0.1) is 13.8 Å². The van der Waals surface area contributed by atoms with Crippen LogP contribution in [0.15, 0.2) is 71.8 Å². The molecule has 0 unspecified atom stereocenters. The fraction of sp³-hybridized carbons (Fsp3) is 0.120. The van der Waals surface area contributed by atoms with Crippen molar-refractivity contribution in [3.63, 3.8) is 0 Å². The number of anilines is 1. The van der Waals surface area contributed by atoms with Gasteiger partial charge in [-0.25, -0.2) is 10.2 Å². The molecule has 0 aliphatic heterocycles. The SMILES string of the molecule is COc1cc(C=NNC(=O)C(=O)Nc2ccc(C)cc2)ccc1OC(=O)c1ccccc1C. The first kappa shape index (κ1) is 23.2. The first-order valence-corrected chi connectivity index (χ1v) is 10.0. The Hall–Kier alpha value is -4.46. The maximum absolute atomic E-state index is 12.5. The van der Waals surface area contributed by atoms with Gasteiger partial charge in [-0.3, -0.25) is 9.59 Å². The van der Waals surface area contributed by atoms with Gasteiger partial charge in [0.1, 0.15) is 0 Å². The van der Waals surface area contributed by atoms with Crippen LogP contribution in [0.4, 0.5) is 5.69 Å². The molecular formula is C25H23N3O5. The molecule has 33 heavy (non-hydrogen) atoms. The molecule has 0 aliphatic carbocycles. The zero-order chi connectivity index (χ0) is 23.8. The molecule has 3 aromatic carbocycles. The van der Waals surface area contributed by atoms with Crippen molar-refractivity contribution in [2.75, 3.05) is 12.4 Å². The quantitative estimate of drug-likeness (QED) is 0.198. The van der Waals surface area contributed by atoms with Crippen molar-refractivity contribution in [3.8, 4) is 11.5 Å². The lowest BCUT2D eigenvalue weighted by Gasteiger charge is -2.11. The molecule has 2 N–H and O–H groups in total. The minimum atomic E-state index is -0.914. The number of esters is 1. The summed E-state index contributed by atoms with van der Waals surface area (Å²) in [5, 5.41) is 6.28. The highest BCUT2D eigenvalue weighted by Crippen LogP contribution is 2.28. The van der Waals surface area contributed by atoms with Crippen molar-refractivity contribution in [2.24, 2.45) is 5.10 Å². The number of hydrogen-bond donors (Lipinski definition) is 2. The zero-order valence-electron chi connectivity index (χ0n) is 18.4. The molecule has 0 fully saturated rings. The van der Waals surface area contributed by atoms with Crippen LogP contribution >= 0.6 is 0 Å². The standard InChI is InChI=1S/C25H23N3O5/c1-16-8-11-19(12-9-16)27-23(29)24(30)28-26-15-18-10-13-21(22(14-18)32-3)33-25(31)20-7-5-4-6-17(20)2/h4-15H,1-3H3,(H,27,29)(H,28,30). The fourth-order valence-electron chi connectivity index (χ4n) is 2.85. The van der Waals surface area contributed by atoms with E-state index in [4.69, 9.17) is 9.47 Å². The van der Waals surface area contributed by atoms with Gasteiger partial charge < -0.3 is 14.8 Å². The third-order valence-corrected chi connectivity index (χ3v) is 4.65. The lowest BCUT2D eigenvalue weighted by atomic mass is 10.1. The number of nitrogens with one attached hydrogen (secondary N) is 2. The average Bonchev–Trinajstić information content (AvgIpc) is 2.81. The normalized spacial score (nSPS) is 10.5. The highest BCUT2D eigenvalue weighted by molar-refractivity contribution is 6.39. The van der Waals surface area contributed by atoms with Gasteiger partial charge >= 0.3 is 17.8 Å². The number of benzene rings is 3. The van der Waals surface area contributed by atoms with E-state index < -0.39 is 17.8 Å². The number of hydrazone groups is 1. The Bertz CT molecular complexity index is 1200. The summed E-state index contributed by atoms with van der Waals surface area (Å²) < 4.78 is 10.8. The van der Waals surface area contributed by atoms with E-state index in [1.54, 1.807) is 42.5 Å². The summed E-state index contributed by atoms with van der Waals surface area (Å²) in [5.41, 5.74) is 5.52. The molecule has 0 radical (unpaired) electrons. The number of aryl methyl sites for hydroxylation is 2. The van der Waals surface area contributed by atoms with Gasteiger partial charge in [0.25, 0.3) is 0 Å². The molecule has 0 bridgehead atoms. The predicted molar refractivity (Wildman–Crippen MR) is 125 cm³/mol. The van der Waals surface area contributed by atoms with Crippen LogP contribution in [0.5, 0.6) is 11.5 Å². The van der Waals surface area contributed by atoms with Crippen molar-refractivity contribution in [1.29, 1.82) is 0 Å². The maximum Gasteiger partial charge on any atom is 0.343 e. The number of rotatable bonds is 6. The highest BCUT2D eigenvalue weighted by atomic mass is 16.6. The van der Waals surface area contributed by atoms with E-state index in [9.17, 15) is 14.4 Å². The maximum atomic E-state index is 12.5. The smallest absolute Gasteiger partial charge is 0.343 e. The van der Waals surface area contributed by atoms with Gasteiger partial charge in [-0.15, -0.1) is 0 Å². The number of carbonyl (C=O) groups is 3. The van der Waals surface area contributed by atoms with E-state index in [2.05, 4.69) is 15.8 Å². The van der Waals surface area contributed by atoms with Gasteiger partial charge in [-0.05, 0) is 61.4 Å². The van der Waals surface area contributed by atoms with Crippen LogP contribution in [0.3, 0.4) is 0 Å². The summed E-state index contributed by atoms with van der Waals surface area (Å²) in [4.78, 5) is 36.4. The Morgan fingerprint density at radius 1 is 0.879 bits per heavy atom. The highest BCUT2D eigenvalue weighted by Gasteiger charge is 2.15. The van der Waals surface area contributed by atoms with E-state index in [1.165, 1.54) is 13.3 Å². The van der Waals surface area contributed by atoms with Crippen LogP contribution in [-0.2, 0) is 9.59 Å². The molecule has 8 nitrogen and oxygen atoms in total. The monoisotopic (exact) mass is 445 g/mol. The molecule has 2 amide bonds. The third kappa shape index (κ3) is 6.27. The van der Waals surface area contributed by atoms with Gasteiger partial charge in [-0.1, -0.05) is 35.9 Å². The Balaban J connectivity index is 1.61. The van der Waals surface area contributed by atoms with E-state index in [1.807, 2.05) is 38.1 Å². The van der Waals surface area contributed by atoms with Crippen molar-refractivity contribution in [1.82, 2.24) is 5.43 Å². The summed E-state index contributed by atoms with van der Waals surface area (Å²) >= 11 is 0. The summed E-state index contributed by atoms with van der Waals surface area (Å²) in [6.45, 7) is 3.74. The number of methoxy groups -OCH3 is 1. The molecule has 0 saturated carbocycles. The first-order valence-electron chi connectivity index (χ1n) is 10.0. The van der Waals surface area contributed by atoms with Gasteiger partial charge in [0.2, 0.25) is 0 Å². The van der Waals surface area contributed by atoms with Crippen LogP contribution < -0.4 is 20.2 Å². The number of hydrogen-bond acceptors (Lipinski definition) is 6. The van der Waals surface area contributed by atoms with E-state index >= 15 is 0 Å². The summed E-state index contributed by atoms with van der Waals surface area (Å²) in [5.74, 6) is -1.71. The molecule has 0 heterocycles. The van der Waals surface area contributed by atoms with Gasteiger partial charge in [0, 0.05) is 5.69 Å². The van der Waals surface area contributed by atoms with Gasteiger partial charge in [0.05, 0.1) is 18.9 Å². The number of ether oxygens (including phenoxy) is 2. The zero-order valence-corrected chi connectivity index (χ0v) is 18.4. The molecule has 0 saturated heterocycles. The minimum Gasteiger partial charge on any atom is -0.493 e. The van der Waals surface area contributed by atoms with Crippen molar-refractivity contribution < 1.29 is 23.9 Å². The second-order valence-corrected chi connectivity index (χ2v) is 7.13. The van der Waals surface area contributed by atoms with E-state index in [0.717, 1.165) is 11.1 Å². The van der Waals surface area contributed by atoms with E-state index in [-0.39, 0.29) is 5.75 Å². The lowest BCUT2D eigenvalue weighted by molar-refractivity contribution is -0.136. The Kier molecular flexibility index (Phi) is 7.54.